The van der Waals surface area contributed by atoms with Crippen molar-refractivity contribution in [3.05, 3.63) is 71.6 Å². The first kappa shape index (κ1) is 16.7. The summed E-state index contributed by atoms with van der Waals surface area (Å²) in [7, 11) is 3.88. The molecular formula is C20H17N5O2. The Morgan fingerprint density at radius 2 is 1.70 bits per heavy atom. The third-order valence-corrected chi connectivity index (χ3v) is 4.19. The second-order valence-corrected chi connectivity index (χ2v) is 6.14. The number of rotatable bonds is 4. The molecule has 0 aliphatic rings. The number of aromatic nitrogens is 3. The van der Waals surface area contributed by atoms with E-state index in [1.165, 1.54) is 12.7 Å². The van der Waals surface area contributed by atoms with Crippen LogP contribution in [0.5, 0.6) is 0 Å². The van der Waals surface area contributed by atoms with E-state index < -0.39 is 5.63 Å². The lowest BCUT2D eigenvalue weighted by molar-refractivity contribution is 0.564. The Labute approximate surface area is 155 Å². The Hall–Kier alpha value is -3.74. The van der Waals surface area contributed by atoms with Crippen LogP contribution < -0.4 is 15.8 Å². The van der Waals surface area contributed by atoms with E-state index >= 15 is 0 Å². The van der Waals surface area contributed by atoms with Crippen molar-refractivity contribution in [2.24, 2.45) is 0 Å². The predicted octanol–water partition coefficient (Wildman–Crippen LogP) is 3.45. The summed E-state index contributed by atoms with van der Waals surface area (Å²) in [5.74, 6) is 0.350. The number of nitrogens with one attached hydrogen (secondary N) is 1. The molecule has 0 saturated carbocycles. The molecule has 4 rings (SSSR count). The van der Waals surface area contributed by atoms with Crippen molar-refractivity contribution in [1.29, 1.82) is 0 Å². The standard InChI is InChI=1S/C20H17N5O2/c1-25(2)14-9-6-10-15-17(14)18(24-20-22-11-21-12-23-20)16(19(26)27-15)13-7-4-3-5-8-13/h3-12H,1-2H3,(H,21,22,23,24). The number of nitrogens with zero attached hydrogens (tertiary/aromatic N) is 4. The zero-order valence-corrected chi connectivity index (χ0v) is 14.9. The Kier molecular flexibility index (Phi) is 4.25. The van der Waals surface area contributed by atoms with Crippen molar-refractivity contribution in [2.75, 3.05) is 24.3 Å². The third kappa shape index (κ3) is 3.10. The van der Waals surface area contributed by atoms with E-state index in [2.05, 4.69) is 20.3 Å². The summed E-state index contributed by atoms with van der Waals surface area (Å²) in [5, 5.41) is 3.98. The maximum atomic E-state index is 12.9. The van der Waals surface area contributed by atoms with Crippen LogP contribution in [-0.4, -0.2) is 29.0 Å². The summed E-state index contributed by atoms with van der Waals surface area (Å²) >= 11 is 0. The summed E-state index contributed by atoms with van der Waals surface area (Å²) in [5.41, 5.74) is 2.74. The fraction of sp³-hybridized carbons (Fsp3) is 0.100. The summed E-state index contributed by atoms with van der Waals surface area (Å²) in [6, 6.07) is 15.0. The first-order valence-corrected chi connectivity index (χ1v) is 8.37. The SMILES string of the molecule is CN(C)c1cccc2oc(=O)c(-c3ccccc3)c(Nc3ncncn3)c12. The van der Waals surface area contributed by atoms with Gasteiger partial charge in [-0.15, -0.1) is 0 Å². The first-order valence-electron chi connectivity index (χ1n) is 8.37. The summed E-state index contributed by atoms with van der Waals surface area (Å²) in [6.07, 6.45) is 2.80. The van der Waals surface area contributed by atoms with Gasteiger partial charge >= 0.3 is 5.63 Å². The second-order valence-electron chi connectivity index (χ2n) is 6.14. The summed E-state index contributed by atoms with van der Waals surface area (Å²) < 4.78 is 5.64. The molecule has 0 fully saturated rings. The highest BCUT2D eigenvalue weighted by Crippen LogP contribution is 2.38. The molecule has 0 bridgehead atoms. The lowest BCUT2D eigenvalue weighted by Gasteiger charge is -2.19. The Bertz CT molecular complexity index is 1140. The number of benzene rings is 2. The van der Waals surface area contributed by atoms with Crippen molar-refractivity contribution in [3.63, 3.8) is 0 Å². The molecule has 2 heterocycles. The molecule has 0 unspecified atom stereocenters. The molecule has 7 heteroatoms. The molecule has 0 radical (unpaired) electrons. The van der Waals surface area contributed by atoms with Gasteiger partial charge in [-0.1, -0.05) is 36.4 Å². The lowest BCUT2D eigenvalue weighted by Crippen LogP contribution is -2.13. The molecular weight excluding hydrogens is 342 g/mol. The summed E-state index contributed by atoms with van der Waals surface area (Å²) in [6.45, 7) is 0. The van der Waals surface area contributed by atoms with Gasteiger partial charge in [-0.2, -0.15) is 0 Å². The van der Waals surface area contributed by atoms with Gasteiger partial charge in [0.2, 0.25) is 5.95 Å². The number of hydrogen-bond acceptors (Lipinski definition) is 7. The van der Waals surface area contributed by atoms with Gasteiger partial charge in [0.25, 0.3) is 0 Å². The average Bonchev–Trinajstić information content (AvgIpc) is 2.69. The van der Waals surface area contributed by atoms with Crippen LogP contribution in [0.2, 0.25) is 0 Å². The zero-order valence-electron chi connectivity index (χ0n) is 14.9. The van der Waals surface area contributed by atoms with Gasteiger partial charge in [0.15, 0.2) is 0 Å². The lowest BCUT2D eigenvalue weighted by atomic mass is 10.0. The van der Waals surface area contributed by atoms with Crippen molar-refractivity contribution in [2.45, 2.75) is 0 Å². The predicted molar refractivity (Wildman–Crippen MR) is 105 cm³/mol. The molecule has 2 aromatic carbocycles. The van der Waals surface area contributed by atoms with Gasteiger partial charge in [0, 0.05) is 19.8 Å². The molecule has 134 valence electrons. The molecule has 0 atom stereocenters. The summed E-state index contributed by atoms with van der Waals surface area (Å²) in [4.78, 5) is 26.9. The monoisotopic (exact) mass is 359 g/mol. The van der Waals surface area contributed by atoms with E-state index in [0.717, 1.165) is 16.6 Å². The van der Waals surface area contributed by atoms with Crippen molar-refractivity contribution < 1.29 is 4.42 Å². The van der Waals surface area contributed by atoms with E-state index in [9.17, 15) is 4.79 Å². The van der Waals surface area contributed by atoms with Crippen LogP contribution in [0.25, 0.3) is 22.1 Å². The Morgan fingerprint density at radius 1 is 0.963 bits per heavy atom. The van der Waals surface area contributed by atoms with E-state index in [1.807, 2.05) is 61.5 Å². The molecule has 4 aromatic rings. The maximum Gasteiger partial charge on any atom is 0.346 e. The van der Waals surface area contributed by atoms with E-state index in [-0.39, 0.29) is 0 Å². The highest BCUT2D eigenvalue weighted by atomic mass is 16.4. The topological polar surface area (TPSA) is 84.2 Å². The first-order chi connectivity index (χ1) is 13.1. The highest BCUT2D eigenvalue weighted by Gasteiger charge is 2.20. The van der Waals surface area contributed by atoms with Crippen molar-refractivity contribution >= 4 is 28.3 Å². The highest BCUT2D eigenvalue weighted by molar-refractivity contribution is 6.06. The third-order valence-electron chi connectivity index (χ3n) is 4.19. The minimum atomic E-state index is -0.429. The molecule has 0 aliphatic carbocycles. The molecule has 1 N–H and O–H groups in total. The van der Waals surface area contributed by atoms with Crippen LogP contribution in [0.4, 0.5) is 17.3 Å². The number of fused-ring (bicyclic) bond motifs is 1. The quantitative estimate of drug-likeness (QED) is 0.559. The maximum absolute atomic E-state index is 12.9. The average molecular weight is 359 g/mol. The van der Waals surface area contributed by atoms with Gasteiger partial charge in [-0.25, -0.2) is 19.7 Å². The number of anilines is 3. The van der Waals surface area contributed by atoms with Gasteiger partial charge in [-0.05, 0) is 17.7 Å². The van der Waals surface area contributed by atoms with Gasteiger partial charge in [0.1, 0.15) is 18.2 Å². The molecule has 7 nitrogen and oxygen atoms in total. The fourth-order valence-electron chi connectivity index (χ4n) is 3.01. The van der Waals surface area contributed by atoms with Crippen LogP contribution in [0.1, 0.15) is 0 Å². The van der Waals surface area contributed by atoms with Crippen LogP contribution in [0.15, 0.2) is 70.4 Å². The van der Waals surface area contributed by atoms with Crippen LogP contribution in [0, 0.1) is 0 Å². The van der Waals surface area contributed by atoms with Gasteiger partial charge in [0.05, 0.1) is 16.6 Å². The molecule has 0 saturated heterocycles. The molecule has 27 heavy (non-hydrogen) atoms. The fourth-order valence-corrected chi connectivity index (χ4v) is 3.01. The largest absolute Gasteiger partial charge is 0.422 e. The smallest absolute Gasteiger partial charge is 0.346 e. The minimum Gasteiger partial charge on any atom is -0.422 e. The minimum absolute atomic E-state index is 0.350. The van der Waals surface area contributed by atoms with Gasteiger partial charge < -0.3 is 14.6 Å². The Morgan fingerprint density at radius 3 is 2.41 bits per heavy atom. The van der Waals surface area contributed by atoms with Gasteiger partial charge in [-0.3, -0.25) is 0 Å². The van der Waals surface area contributed by atoms with E-state index in [1.54, 1.807) is 6.07 Å². The second kappa shape index (κ2) is 6.87. The van der Waals surface area contributed by atoms with E-state index in [4.69, 9.17) is 4.42 Å². The van der Waals surface area contributed by atoms with E-state index in [0.29, 0.717) is 22.8 Å². The Balaban J connectivity index is 2.09. The molecule has 0 amide bonds. The molecule has 0 spiro atoms. The molecule has 0 aliphatic heterocycles. The van der Waals surface area contributed by atoms with Crippen LogP contribution in [-0.2, 0) is 0 Å². The van der Waals surface area contributed by atoms with Crippen molar-refractivity contribution in [3.8, 4) is 11.1 Å². The molecule has 2 aromatic heterocycles. The van der Waals surface area contributed by atoms with Crippen molar-refractivity contribution in [1.82, 2.24) is 15.0 Å². The zero-order chi connectivity index (χ0) is 18.8. The number of hydrogen-bond donors (Lipinski definition) is 1. The van der Waals surface area contributed by atoms with Crippen LogP contribution >= 0.6 is 0 Å². The normalized spacial score (nSPS) is 10.7. The van der Waals surface area contributed by atoms with Crippen LogP contribution in [0.3, 0.4) is 0 Å².